The highest BCUT2D eigenvalue weighted by Gasteiger charge is 2.26. The van der Waals surface area contributed by atoms with Crippen molar-refractivity contribution < 1.29 is 9.18 Å². The van der Waals surface area contributed by atoms with Crippen LogP contribution in [0.4, 0.5) is 10.1 Å². The minimum atomic E-state index is -0.370. The van der Waals surface area contributed by atoms with E-state index in [1.807, 2.05) is 12.1 Å². The van der Waals surface area contributed by atoms with Gasteiger partial charge in [0.15, 0.2) is 0 Å². The van der Waals surface area contributed by atoms with Gasteiger partial charge in [-0.25, -0.2) is 4.39 Å². The molecule has 2 heterocycles. The summed E-state index contributed by atoms with van der Waals surface area (Å²) in [5.41, 5.74) is 3.67. The number of fused-ring (bicyclic) bond motifs is 1. The zero-order chi connectivity index (χ0) is 18.8. The van der Waals surface area contributed by atoms with Crippen molar-refractivity contribution in [3.63, 3.8) is 0 Å². The van der Waals surface area contributed by atoms with E-state index in [1.165, 1.54) is 24.3 Å². The van der Waals surface area contributed by atoms with E-state index in [2.05, 4.69) is 11.1 Å². The number of amides is 1. The van der Waals surface area contributed by atoms with Gasteiger partial charge < -0.3 is 4.90 Å². The Morgan fingerprint density at radius 1 is 1.11 bits per heavy atom. The number of carbonyl (C=O) groups excluding carboxylic acids is 1. The Morgan fingerprint density at radius 3 is 2.56 bits per heavy atom. The summed E-state index contributed by atoms with van der Waals surface area (Å²) >= 11 is 1.68. The molecule has 1 aliphatic heterocycles. The molecular weight excluding hydrogens is 361 g/mol. The number of hydrogen-bond donors (Lipinski definition) is 0. The monoisotopic (exact) mass is 375 g/mol. The molecular formula is C21H14FN3OS. The van der Waals surface area contributed by atoms with Crippen LogP contribution in [0, 0.1) is 17.1 Å². The van der Waals surface area contributed by atoms with Gasteiger partial charge in [0.1, 0.15) is 5.82 Å². The third kappa shape index (κ3) is 3.29. The fraction of sp³-hybridized carbons (Fsp3) is 0.0952. The lowest BCUT2D eigenvalue weighted by Crippen LogP contribution is -2.35. The quantitative estimate of drug-likeness (QED) is 0.661. The van der Waals surface area contributed by atoms with Crippen LogP contribution < -0.4 is 4.90 Å². The summed E-state index contributed by atoms with van der Waals surface area (Å²) in [6, 6.07) is 15.0. The highest BCUT2D eigenvalue weighted by molar-refractivity contribution is 7.99. The van der Waals surface area contributed by atoms with Gasteiger partial charge in [0.05, 0.1) is 23.5 Å². The molecule has 0 aliphatic carbocycles. The topological polar surface area (TPSA) is 57.0 Å². The van der Waals surface area contributed by atoms with Crippen molar-refractivity contribution in [1.29, 1.82) is 5.26 Å². The smallest absolute Gasteiger partial charge is 0.258 e. The molecule has 27 heavy (non-hydrogen) atoms. The van der Waals surface area contributed by atoms with Crippen molar-refractivity contribution in [2.75, 3.05) is 17.2 Å². The van der Waals surface area contributed by atoms with Crippen LogP contribution in [0.2, 0.25) is 0 Å². The van der Waals surface area contributed by atoms with E-state index in [1.54, 1.807) is 41.2 Å². The first-order valence-electron chi connectivity index (χ1n) is 8.36. The molecule has 4 rings (SSSR count). The molecule has 0 fully saturated rings. The van der Waals surface area contributed by atoms with E-state index in [0.717, 1.165) is 27.5 Å². The van der Waals surface area contributed by atoms with Gasteiger partial charge in [-0.15, -0.1) is 11.8 Å². The normalized spacial score (nSPS) is 13.0. The zero-order valence-corrected chi connectivity index (χ0v) is 15.0. The van der Waals surface area contributed by atoms with Crippen LogP contribution in [0.25, 0.3) is 11.1 Å². The molecule has 2 aromatic carbocycles. The molecule has 132 valence electrons. The van der Waals surface area contributed by atoms with Crippen molar-refractivity contribution in [2.45, 2.75) is 4.90 Å². The van der Waals surface area contributed by atoms with Crippen LogP contribution in [0.15, 0.2) is 65.8 Å². The first kappa shape index (κ1) is 17.3. The maximum Gasteiger partial charge on any atom is 0.258 e. The highest BCUT2D eigenvalue weighted by atomic mass is 32.2. The molecule has 0 saturated carbocycles. The van der Waals surface area contributed by atoms with E-state index in [0.29, 0.717) is 17.7 Å². The predicted molar refractivity (Wildman–Crippen MR) is 103 cm³/mol. The largest absolute Gasteiger partial charge is 0.305 e. The summed E-state index contributed by atoms with van der Waals surface area (Å²) in [7, 11) is 0. The van der Waals surface area contributed by atoms with Crippen LogP contribution >= 0.6 is 11.8 Å². The molecule has 0 unspecified atom stereocenters. The van der Waals surface area contributed by atoms with E-state index >= 15 is 0 Å². The average Bonchev–Trinajstić information content (AvgIpc) is 2.73. The van der Waals surface area contributed by atoms with Crippen LogP contribution in [-0.4, -0.2) is 23.2 Å². The van der Waals surface area contributed by atoms with E-state index < -0.39 is 0 Å². The average molecular weight is 375 g/mol. The second-order valence-electron chi connectivity index (χ2n) is 6.04. The Labute approximate surface area is 160 Å². The number of pyridine rings is 1. The number of carbonyl (C=O) groups is 1. The zero-order valence-electron chi connectivity index (χ0n) is 14.2. The Kier molecular flexibility index (Phi) is 4.61. The van der Waals surface area contributed by atoms with E-state index in [4.69, 9.17) is 5.26 Å². The Bertz CT molecular complexity index is 1040. The molecule has 1 aromatic heterocycles. The first-order valence-corrected chi connectivity index (χ1v) is 9.35. The molecule has 0 radical (unpaired) electrons. The number of thioether (sulfide) groups is 1. The second-order valence-corrected chi connectivity index (χ2v) is 7.14. The maximum atomic E-state index is 13.2. The molecule has 1 aliphatic rings. The summed E-state index contributed by atoms with van der Waals surface area (Å²) in [4.78, 5) is 19.9. The predicted octanol–water partition coefficient (Wildman–Crippen LogP) is 4.51. The fourth-order valence-electron chi connectivity index (χ4n) is 3.03. The van der Waals surface area contributed by atoms with Gasteiger partial charge in [-0.1, -0.05) is 12.1 Å². The minimum absolute atomic E-state index is 0.171. The Morgan fingerprint density at radius 2 is 1.85 bits per heavy atom. The van der Waals surface area contributed by atoms with Crippen molar-refractivity contribution in [2.24, 2.45) is 0 Å². The summed E-state index contributed by atoms with van der Waals surface area (Å²) < 4.78 is 13.2. The summed E-state index contributed by atoms with van der Waals surface area (Å²) in [5.74, 6) is 0.217. The second kappa shape index (κ2) is 7.22. The highest BCUT2D eigenvalue weighted by Crippen LogP contribution is 2.41. The van der Waals surface area contributed by atoms with E-state index in [-0.39, 0.29) is 11.7 Å². The molecule has 0 saturated heterocycles. The van der Waals surface area contributed by atoms with Crippen LogP contribution in [0.1, 0.15) is 15.9 Å². The molecule has 4 nitrogen and oxygen atoms in total. The van der Waals surface area contributed by atoms with Crippen LogP contribution in [-0.2, 0) is 0 Å². The lowest BCUT2D eigenvalue weighted by Gasteiger charge is -2.30. The Balaban J connectivity index is 1.74. The van der Waals surface area contributed by atoms with Gasteiger partial charge in [-0.05, 0) is 42.0 Å². The van der Waals surface area contributed by atoms with Crippen molar-refractivity contribution in [3.05, 3.63) is 77.9 Å². The SMILES string of the molecule is N#Cc1ccc(-c2cncc3c2SCCN3C(=O)c2ccc(F)cc2)cc1. The number of halogens is 1. The van der Waals surface area contributed by atoms with Gasteiger partial charge in [-0.2, -0.15) is 5.26 Å². The summed E-state index contributed by atoms with van der Waals surface area (Å²) in [6.45, 7) is 0.562. The molecule has 1 amide bonds. The van der Waals surface area contributed by atoms with Crippen LogP contribution in [0.5, 0.6) is 0 Å². The number of aromatic nitrogens is 1. The van der Waals surface area contributed by atoms with Gasteiger partial charge in [0.25, 0.3) is 5.91 Å². The fourth-order valence-corrected chi connectivity index (χ4v) is 4.15. The molecule has 6 heteroatoms. The third-order valence-electron chi connectivity index (χ3n) is 4.39. The number of anilines is 1. The van der Waals surface area contributed by atoms with E-state index in [9.17, 15) is 9.18 Å². The lowest BCUT2D eigenvalue weighted by molar-refractivity contribution is 0.0987. The first-order chi connectivity index (χ1) is 13.2. The van der Waals surface area contributed by atoms with Crippen molar-refractivity contribution >= 4 is 23.4 Å². The van der Waals surface area contributed by atoms with Crippen molar-refractivity contribution in [3.8, 4) is 17.2 Å². The summed E-state index contributed by atoms with van der Waals surface area (Å²) in [5, 5.41) is 8.98. The molecule has 0 atom stereocenters. The Hall–Kier alpha value is -3.17. The number of rotatable bonds is 2. The standard InChI is InChI=1S/C21H14FN3OS/c22-17-7-5-16(6-8-17)21(26)25-9-10-27-20-18(12-24-13-19(20)25)15-3-1-14(11-23)2-4-15/h1-8,12-13H,9-10H2. The number of nitriles is 1. The molecule has 0 bridgehead atoms. The van der Waals surface area contributed by atoms with Gasteiger partial charge in [0, 0.05) is 34.5 Å². The summed E-state index contributed by atoms with van der Waals surface area (Å²) in [6.07, 6.45) is 3.47. The number of nitrogens with zero attached hydrogens (tertiary/aromatic N) is 3. The number of hydrogen-bond acceptors (Lipinski definition) is 4. The lowest BCUT2D eigenvalue weighted by atomic mass is 10.0. The molecule has 3 aromatic rings. The maximum absolute atomic E-state index is 13.2. The van der Waals surface area contributed by atoms with Gasteiger partial charge in [0.2, 0.25) is 0 Å². The third-order valence-corrected chi connectivity index (χ3v) is 5.50. The van der Waals surface area contributed by atoms with Crippen molar-refractivity contribution in [1.82, 2.24) is 4.98 Å². The number of benzene rings is 2. The van der Waals surface area contributed by atoms with Gasteiger partial charge in [-0.3, -0.25) is 9.78 Å². The molecule has 0 N–H and O–H groups in total. The minimum Gasteiger partial charge on any atom is -0.305 e. The van der Waals surface area contributed by atoms with Gasteiger partial charge >= 0.3 is 0 Å². The molecule has 0 spiro atoms. The van der Waals surface area contributed by atoms with Crippen LogP contribution in [0.3, 0.4) is 0 Å².